The Morgan fingerprint density at radius 1 is 1.18 bits per heavy atom. The molecule has 0 bridgehead atoms. The number of carbonyl (C=O) groups excluding carboxylic acids is 4. The van der Waals surface area contributed by atoms with Crippen molar-refractivity contribution in [3.63, 3.8) is 0 Å². The standard InChI is InChI=1S/C21H26N5O7P/c1-25-7-6-13-3-5-17(18(22)27)26(13)20(29)16(10-25)24-19(28)15-9-12-8-11(2-4-14(12)23-15)21(30)34(31,32)33/h2,4,8-9,13,16-17,23H,3,5-7,10H2,1H3,(H2,22,27)(H,24,28)(H2,31,32,33)/t13-,16+,17+/m1/s1. The molecule has 0 unspecified atom stereocenters. The fraction of sp³-hybridized carbons (Fsp3) is 0.429. The second-order valence-electron chi connectivity index (χ2n) is 8.81. The summed E-state index contributed by atoms with van der Waals surface area (Å²) in [6.07, 6.45) is 1.88. The normalized spacial score (nSPS) is 23.9. The van der Waals surface area contributed by atoms with E-state index in [9.17, 15) is 23.7 Å². The molecule has 3 atom stereocenters. The number of nitrogens with zero attached hydrogens (tertiary/aromatic N) is 2. The van der Waals surface area contributed by atoms with E-state index in [1.807, 2.05) is 11.9 Å². The number of hydrogen-bond donors (Lipinski definition) is 5. The maximum absolute atomic E-state index is 13.3. The molecule has 1 aromatic carbocycles. The smallest absolute Gasteiger partial charge is 0.368 e. The first-order valence-electron chi connectivity index (χ1n) is 10.8. The van der Waals surface area contributed by atoms with Crippen LogP contribution in [0.5, 0.6) is 0 Å². The van der Waals surface area contributed by atoms with Crippen LogP contribution in [-0.2, 0) is 14.2 Å². The number of rotatable bonds is 5. The molecule has 2 aromatic rings. The van der Waals surface area contributed by atoms with E-state index in [1.165, 1.54) is 29.2 Å². The van der Waals surface area contributed by atoms with Crippen LogP contribution in [0.1, 0.15) is 40.1 Å². The van der Waals surface area contributed by atoms with Gasteiger partial charge in [0.05, 0.1) is 0 Å². The van der Waals surface area contributed by atoms with Gasteiger partial charge in [0, 0.05) is 29.1 Å². The Hall–Kier alpha value is -3.05. The second kappa shape index (κ2) is 8.95. The molecule has 2 aliphatic rings. The van der Waals surface area contributed by atoms with E-state index >= 15 is 0 Å². The molecule has 4 rings (SSSR count). The third-order valence-electron chi connectivity index (χ3n) is 6.40. The summed E-state index contributed by atoms with van der Waals surface area (Å²) in [4.78, 5) is 74.7. The van der Waals surface area contributed by atoms with E-state index in [1.54, 1.807) is 0 Å². The highest BCUT2D eigenvalue weighted by Crippen LogP contribution is 2.39. The lowest BCUT2D eigenvalue weighted by molar-refractivity contribution is -0.142. The van der Waals surface area contributed by atoms with Crippen LogP contribution in [0.2, 0.25) is 0 Å². The predicted molar refractivity (Wildman–Crippen MR) is 121 cm³/mol. The molecule has 2 fully saturated rings. The van der Waals surface area contributed by atoms with Crippen molar-refractivity contribution in [2.24, 2.45) is 5.73 Å². The van der Waals surface area contributed by atoms with E-state index < -0.39 is 37.0 Å². The quantitative estimate of drug-likeness (QED) is 0.355. The van der Waals surface area contributed by atoms with Crippen LogP contribution < -0.4 is 11.1 Å². The number of aromatic amines is 1. The molecule has 0 saturated carbocycles. The lowest BCUT2D eigenvalue weighted by Gasteiger charge is -2.37. The predicted octanol–water partition coefficient (Wildman–Crippen LogP) is -0.235. The summed E-state index contributed by atoms with van der Waals surface area (Å²) in [7, 11) is -3.09. The number of nitrogens with one attached hydrogen (secondary N) is 2. The van der Waals surface area contributed by atoms with Crippen molar-refractivity contribution in [1.82, 2.24) is 20.1 Å². The first-order chi connectivity index (χ1) is 16.0. The highest BCUT2D eigenvalue weighted by atomic mass is 31.2. The molecule has 3 amide bonds. The van der Waals surface area contributed by atoms with Gasteiger partial charge in [-0.05, 0) is 57.1 Å². The minimum atomic E-state index is -4.94. The minimum absolute atomic E-state index is 0.109. The van der Waals surface area contributed by atoms with Crippen molar-refractivity contribution < 1.29 is 33.5 Å². The second-order valence-corrected chi connectivity index (χ2v) is 10.3. The van der Waals surface area contributed by atoms with Gasteiger partial charge in [0.15, 0.2) is 0 Å². The van der Waals surface area contributed by atoms with Crippen LogP contribution in [0.25, 0.3) is 10.9 Å². The van der Waals surface area contributed by atoms with E-state index in [0.29, 0.717) is 36.7 Å². The molecule has 0 aliphatic carbocycles. The Kier molecular flexibility index (Phi) is 6.34. The molecule has 12 nitrogen and oxygen atoms in total. The number of carbonyl (C=O) groups is 4. The van der Waals surface area contributed by atoms with E-state index in [2.05, 4.69) is 10.3 Å². The van der Waals surface area contributed by atoms with Crippen LogP contribution in [-0.4, -0.2) is 86.1 Å². The lowest BCUT2D eigenvalue weighted by Crippen LogP contribution is -2.59. The van der Waals surface area contributed by atoms with Gasteiger partial charge in [0.1, 0.15) is 17.8 Å². The van der Waals surface area contributed by atoms with Crippen molar-refractivity contribution in [1.29, 1.82) is 0 Å². The minimum Gasteiger partial charge on any atom is -0.368 e. The van der Waals surface area contributed by atoms with Crippen molar-refractivity contribution >= 4 is 41.7 Å². The third kappa shape index (κ3) is 4.62. The molecule has 0 radical (unpaired) electrons. The zero-order valence-corrected chi connectivity index (χ0v) is 19.3. The highest BCUT2D eigenvalue weighted by molar-refractivity contribution is 7.70. The fourth-order valence-electron chi connectivity index (χ4n) is 4.71. The molecule has 3 heterocycles. The maximum Gasteiger partial charge on any atom is 0.396 e. The van der Waals surface area contributed by atoms with Gasteiger partial charge in [-0.3, -0.25) is 23.7 Å². The summed E-state index contributed by atoms with van der Waals surface area (Å²) in [5.41, 5.74) is 4.61. The largest absolute Gasteiger partial charge is 0.396 e. The number of hydrogen-bond acceptors (Lipinski definition) is 6. The molecule has 34 heavy (non-hydrogen) atoms. The first kappa shape index (κ1) is 24.1. The Labute approximate surface area is 194 Å². The number of fused-ring (bicyclic) bond motifs is 2. The number of likely N-dealkylation sites (N-methyl/N-ethyl adjacent to an activating group) is 1. The van der Waals surface area contributed by atoms with Crippen LogP contribution in [0.3, 0.4) is 0 Å². The topological polar surface area (TPSA) is 186 Å². The number of aromatic nitrogens is 1. The van der Waals surface area contributed by atoms with Gasteiger partial charge >= 0.3 is 7.60 Å². The van der Waals surface area contributed by atoms with Crippen LogP contribution in [0.15, 0.2) is 24.3 Å². The van der Waals surface area contributed by atoms with Gasteiger partial charge in [-0.2, -0.15) is 0 Å². The number of H-pyrrole nitrogens is 1. The molecular formula is C21H26N5O7P. The van der Waals surface area contributed by atoms with Gasteiger partial charge in [0.2, 0.25) is 11.8 Å². The van der Waals surface area contributed by atoms with Crippen LogP contribution in [0.4, 0.5) is 0 Å². The molecular weight excluding hydrogens is 465 g/mol. The number of amides is 3. The number of nitrogens with two attached hydrogens (primary N) is 1. The zero-order valence-electron chi connectivity index (χ0n) is 18.4. The van der Waals surface area contributed by atoms with Crippen LogP contribution in [0, 0.1) is 0 Å². The van der Waals surface area contributed by atoms with Crippen molar-refractivity contribution in [2.45, 2.75) is 37.4 Å². The first-order valence-corrected chi connectivity index (χ1v) is 12.4. The van der Waals surface area contributed by atoms with E-state index in [-0.39, 0.29) is 29.8 Å². The summed E-state index contributed by atoms with van der Waals surface area (Å²) in [6.45, 7) is 0.940. The molecule has 2 saturated heterocycles. The Bertz CT molecular complexity index is 1220. The Morgan fingerprint density at radius 3 is 2.59 bits per heavy atom. The summed E-state index contributed by atoms with van der Waals surface area (Å²) < 4.78 is 11.3. The number of benzene rings is 1. The van der Waals surface area contributed by atoms with Crippen LogP contribution >= 0.6 is 7.60 Å². The van der Waals surface area contributed by atoms with E-state index in [4.69, 9.17) is 15.5 Å². The molecule has 1 aromatic heterocycles. The molecule has 0 spiro atoms. The summed E-state index contributed by atoms with van der Waals surface area (Å²) in [5.74, 6) is -1.50. The fourth-order valence-corrected chi connectivity index (χ4v) is 5.18. The Balaban J connectivity index is 1.57. The molecule has 182 valence electrons. The Morgan fingerprint density at radius 2 is 1.91 bits per heavy atom. The van der Waals surface area contributed by atoms with Gasteiger partial charge < -0.3 is 35.6 Å². The van der Waals surface area contributed by atoms with Crippen molar-refractivity contribution in [3.8, 4) is 0 Å². The van der Waals surface area contributed by atoms with Gasteiger partial charge in [-0.15, -0.1) is 0 Å². The maximum atomic E-state index is 13.3. The highest BCUT2D eigenvalue weighted by Gasteiger charge is 2.44. The zero-order chi connectivity index (χ0) is 24.8. The van der Waals surface area contributed by atoms with Gasteiger partial charge in [-0.25, -0.2) is 0 Å². The lowest BCUT2D eigenvalue weighted by atomic mass is 10.1. The SMILES string of the molecule is CN1CC[C@H]2CC[C@@H](C(N)=O)N2C(=O)[C@@H](NC(=O)c2cc3cc(C(=O)P(=O)(O)O)ccc3[nH]2)C1. The molecule has 13 heteroatoms. The van der Waals surface area contributed by atoms with E-state index in [0.717, 1.165) is 0 Å². The third-order valence-corrected chi connectivity index (χ3v) is 7.19. The summed E-state index contributed by atoms with van der Waals surface area (Å²) in [5, 5.41) is 3.13. The van der Waals surface area contributed by atoms with Gasteiger partial charge in [-0.1, -0.05) is 0 Å². The van der Waals surface area contributed by atoms with Gasteiger partial charge in [0.25, 0.3) is 11.4 Å². The number of primary amides is 1. The van der Waals surface area contributed by atoms with Crippen molar-refractivity contribution in [3.05, 3.63) is 35.5 Å². The van der Waals surface area contributed by atoms with Crippen molar-refractivity contribution in [2.75, 3.05) is 20.1 Å². The average molecular weight is 491 g/mol. The monoisotopic (exact) mass is 491 g/mol. The summed E-state index contributed by atoms with van der Waals surface area (Å²) >= 11 is 0. The molecule has 6 N–H and O–H groups in total. The summed E-state index contributed by atoms with van der Waals surface area (Å²) in [6, 6.07) is 3.69. The molecule has 2 aliphatic heterocycles. The average Bonchev–Trinajstić information content (AvgIpc) is 3.38.